The number of allylic oxidation sites excluding steroid dienone is 1. The van der Waals surface area contributed by atoms with Gasteiger partial charge in [-0.2, -0.15) is 0 Å². The highest BCUT2D eigenvalue weighted by molar-refractivity contribution is 7.80. The summed E-state index contributed by atoms with van der Waals surface area (Å²) >= 11 is 11.4. The summed E-state index contributed by atoms with van der Waals surface area (Å²) in [4.78, 5) is 13.3. The van der Waals surface area contributed by atoms with Crippen LogP contribution in [0.25, 0.3) is 0 Å². The molecular weight excluding hydrogens is 470 g/mol. The van der Waals surface area contributed by atoms with Crippen LogP contribution in [-0.4, -0.2) is 18.1 Å². The molecule has 1 atom stereocenters. The van der Waals surface area contributed by atoms with Crippen LogP contribution in [-0.2, 0) is 11.4 Å². The van der Waals surface area contributed by atoms with Crippen LogP contribution in [0.3, 0.4) is 0 Å². The van der Waals surface area contributed by atoms with Gasteiger partial charge in [0.05, 0.1) is 18.7 Å². The van der Waals surface area contributed by atoms with Crippen LogP contribution in [0, 0.1) is 0 Å². The second-order valence-corrected chi connectivity index (χ2v) is 8.56. The number of ether oxygens (including phenoxy) is 2. The average molecular weight is 494 g/mol. The molecule has 0 saturated heterocycles. The molecule has 0 unspecified atom stereocenters. The zero-order chi connectivity index (χ0) is 24.1. The fraction of sp³-hybridized carbons (Fsp3) is 0.154. The highest BCUT2D eigenvalue weighted by atomic mass is 35.5. The molecule has 0 fully saturated rings. The molecule has 0 aromatic heterocycles. The molecule has 3 aromatic rings. The number of rotatable bonds is 7. The molecule has 0 saturated carbocycles. The first-order valence-corrected chi connectivity index (χ1v) is 11.4. The van der Waals surface area contributed by atoms with Gasteiger partial charge in [0.25, 0.3) is 5.91 Å². The molecule has 6 nitrogen and oxygen atoms in total. The monoisotopic (exact) mass is 493 g/mol. The molecule has 3 aromatic carbocycles. The molecule has 0 spiro atoms. The summed E-state index contributed by atoms with van der Waals surface area (Å²) in [5, 5.41) is 10.1. The van der Waals surface area contributed by atoms with Gasteiger partial charge in [0.1, 0.15) is 6.61 Å². The molecule has 0 aliphatic carbocycles. The smallest absolute Gasteiger partial charge is 0.255 e. The Kier molecular flexibility index (Phi) is 7.35. The van der Waals surface area contributed by atoms with Gasteiger partial charge in [0.2, 0.25) is 0 Å². The molecular formula is C26H24ClN3O3S. The predicted molar refractivity (Wildman–Crippen MR) is 138 cm³/mol. The maximum atomic E-state index is 13.3. The summed E-state index contributed by atoms with van der Waals surface area (Å²) in [7, 11) is 1.59. The summed E-state index contributed by atoms with van der Waals surface area (Å²) < 4.78 is 11.6. The molecule has 8 heteroatoms. The summed E-state index contributed by atoms with van der Waals surface area (Å²) in [6.45, 7) is 2.24. The Morgan fingerprint density at radius 3 is 2.59 bits per heavy atom. The number of halogens is 1. The maximum absolute atomic E-state index is 13.3. The number of benzene rings is 3. The van der Waals surface area contributed by atoms with E-state index in [1.165, 1.54) is 0 Å². The Bertz CT molecular complexity index is 1250. The number of carbonyl (C=O) groups excluding carboxylic acids is 1. The normalized spacial score (nSPS) is 15.3. The second kappa shape index (κ2) is 10.6. The second-order valence-electron chi connectivity index (χ2n) is 7.72. The van der Waals surface area contributed by atoms with Crippen molar-refractivity contribution in [3.63, 3.8) is 0 Å². The Balaban J connectivity index is 1.60. The third-order valence-electron chi connectivity index (χ3n) is 5.35. The number of anilines is 1. The van der Waals surface area contributed by atoms with Crippen LogP contribution in [0.4, 0.5) is 5.69 Å². The van der Waals surface area contributed by atoms with Gasteiger partial charge in [-0.3, -0.25) is 4.79 Å². The standard InChI is InChI=1S/C26H24ClN3O3S/c1-16-23(25(31)29-20-10-6-9-19(27)14-20)24(30-26(34)28-16)18-11-12-21(22(13-18)32-2)33-15-17-7-4-3-5-8-17/h3-14,24H,15H2,1-2H3,(H,29,31)(H2,28,30,34)/t24-/m1/s1. The lowest BCUT2D eigenvalue weighted by Gasteiger charge is -2.30. The van der Waals surface area contributed by atoms with E-state index in [0.717, 1.165) is 11.1 Å². The van der Waals surface area contributed by atoms with Gasteiger partial charge in [-0.05, 0) is 60.6 Å². The number of thiocarbonyl (C=S) groups is 1. The first-order valence-electron chi connectivity index (χ1n) is 10.6. The lowest BCUT2D eigenvalue weighted by atomic mass is 9.94. The van der Waals surface area contributed by atoms with Crippen molar-refractivity contribution >= 4 is 40.5 Å². The van der Waals surface area contributed by atoms with Gasteiger partial charge in [0, 0.05) is 16.4 Å². The maximum Gasteiger partial charge on any atom is 0.255 e. The lowest BCUT2D eigenvalue weighted by molar-refractivity contribution is -0.113. The van der Waals surface area contributed by atoms with Crippen LogP contribution in [0.2, 0.25) is 5.02 Å². The fourth-order valence-corrected chi connectivity index (χ4v) is 4.19. The summed E-state index contributed by atoms with van der Waals surface area (Å²) in [5.41, 5.74) is 3.64. The average Bonchev–Trinajstić information content (AvgIpc) is 2.82. The van der Waals surface area contributed by atoms with E-state index in [4.69, 9.17) is 33.3 Å². The summed E-state index contributed by atoms with van der Waals surface area (Å²) in [6.07, 6.45) is 0. The van der Waals surface area contributed by atoms with E-state index in [-0.39, 0.29) is 5.91 Å². The highest BCUT2D eigenvalue weighted by Crippen LogP contribution is 2.35. The van der Waals surface area contributed by atoms with Crippen LogP contribution < -0.4 is 25.4 Å². The lowest BCUT2D eigenvalue weighted by Crippen LogP contribution is -2.45. The van der Waals surface area contributed by atoms with E-state index < -0.39 is 6.04 Å². The number of hydrogen-bond acceptors (Lipinski definition) is 4. The van der Waals surface area contributed by atoms with E-state index in [1.807, 2.05) is 55.5 Å². The van der Waals surface area contributed by atoms with E-state index in [2.05, 4.69) is 16.0 Å². The first kappa shape index (κ1) is 23.6. The van der Waals surface area contributed by atoms with Crippen LogP contribution >= 0.6 is 23.8 Å². The van der Waals surface area contributed by atoms with Crippen molar-refractivity contribution in [3.05, 3.63) is 100 Å². The largest absolute Gasteiger partial charge is 0.493 e. The summed E-state index contributed by atoms with van der Waals surface area (Å²) in [5.74, 6) is 0.903. The molecule has 174 valence electrons. The minimum atomic E-state index is -0.481. The Morgan fingerprint density at radius 2 is 1.85 bits per heavy atom. The quantitative estimate of drug-likeness (QED) is 0.385. The zero-order valence-corrected chi connectivity index (χ0v) is 20.3. The highest BCUT2D eigenvalue weighted by Gasteiger charge is 2.30. The third-order valence-corrected chi connectivity index (χ3v) is 5.81. The van der Waals surface area contributed by atoms with E-state index in [0.29, 0.717) is 45.2 Å². The number of methoxy groups -OCH3 is 1. The molecule has 1 aliphatic heterocycles. The number of carbonyl (C=O) groups is 1. The SMILES string of the molecule is COc1cc([C@H]2NC(=S)NC(C)=C2C(=O)Nc2cccc(Cl)c2)ccc1OCc1ccccc1. The number of hydrogen-bond donors (Lipinski definition) is 3. The Morgan fingerprint density at radius 1 is 1.06 bits per heavy atom. The van der Waals surface area contributed by atoms with Crippen molar-refractivity contribution in [3.8, 4) is 11.5 Å². The molecule has 1 aliphatic rings. The fourth-order valence-electron chi connectivity index (χ4n) is 3.73. The molecule has 0 bridgehead atoms. The minimum absolute atomic E-state index is 0.268. The van der Waals surface area contributed by atoms with Gasteiger partial charge < -0.3 is 25.4 Å². The summed E-state index contributed by atoms with van der Waals surface area (Å²) in [6, 6.07) is 22.0. The number of nitrogens with one attached hydrogen (secondary N) is 3. The predicted octanol–water partition coefficient (Wildman–Crippen LogP) is 5.36. The van der Waals surface area contributed by atoms with Crippen molar-refractivity contribution < 1.29 is 14.3 Å². The van der Waals surface area contributed by atoms with Crippen LogP contribution in [0.15, 0.2) is 84.1 Å². The first-order chi connectivity index (χ1) is 16.4. The van der Waals surface area contributed by atoms with Crippen LogP contribution in [0.5, 0.6) is 11.5 Å². The third kappa shape index (κ3) is 5.50. The minimum Gasteiger partial charge on any atom is -0.493 e. The van der Waals surface area contributed by atoms with Gasteiger partial charge in [-0.1, -0.05) is 54.1 Å². The molecule has 34 heavy (non-hydrogen) atoms. The molecule has 0 radical (unpaired) electrons. The van der Waals surface area contributed by atoms with Crippen molar-refractivity contribution in [2.45, 2.75) is 19.6 Å². The van der Waals surface area contributed by atoms with Crippen molar-refractivity contribution in [1.82, 2.24) is 10.6 Å². The molecule has 1 amide bonds. The van der Waals surface area contributed by atoms with Crippen molar-refractivity contribution in [2.75, 3.05) is 12.4 Å². The van der Waals surface area contributed by atoms with Gasteiger partial charge in [-0.25, -0.2) is 0 Å². The van der Waals surface area contributed by atoms with Gasteiger partial charge in [-0.15, -0.1) is 0 Å². The van der Waals surface area contributed by atoms with E-state index in [1.54, 1.807) is 31.4 Å². The Labute approximate surface area is 208 Å². The molecule has 1 heterocycles. The number of amides is 1. The van der Waals surface area contributed by atoms with E-state index >= 15 is 0 Å². The van der Waals surface area contributed by atoms with Gasteiger partial charge >= 0.3 is 0 Å². The van der Waals surface area contributed by atoms with Crippen molar-refractivity contribution in [1.29, 1.82) is 0 Å². The van der Waals surface area contributed by atoms with Crippen LogP contribution in [0.1, 0.15) is 24.1 Å². The topological polar surface area (TPSA) is 71.6 Å². The van der Waals surface area contributed by atoms with E-state index in [9.17, 15) is 4.79 Å². The Hall–Kier alpha value is -3.55. The van der Waals surface area contributed by atoms with Crippen molar-refractivity contribution in [2.24, 2.45) is 0 Å². The molecule has 3 N–H and O–H groups in total. The molecule has 4 rings (SSSR count). The van der Waals surface area contributed by atoms with Gasteiger partial charge in [0.15, 0.2) is 16.6 Å². The zero-order valence-electron chi connectivity index (χ0n) is 18.7.